The predicted molar refractivity (Wildman–Crippen MR) is 81.8 cm³/mol. The smallest absolute Gasteiger partial charge is 0.295 e. The molecule has 1 aromatic carbocycles. The van der Waals surface area contributed by atoms with Gasteiger partial charge in [0.1, 0.15) is 0 Å². The van der Waals surface area contributed by atoms with Crippen LogP contribution in [-0.2, 0) is 4.74 Å². The Morgan fingerprint density at radius 3 is 2.77 bits per heavy atom. The number of benzene rings is 1. The van der Waals surface area contributed by atoms with Crippen LogP contribution in [0.25, 0.3) is 11.5 Å². The zero-order valence-corrected chi connectivity index (χ0v) is 14.0. The number of hydrogen-bond acceptors (Lipinski definition) is 6. The molecule has 7 nitrogen and oxygen atoms in total. The van der Waals surface area contributed by atoms with Crippen molar-refractivity contribution in [3.05, 3.63) is 29.3 Å². The van der Waals surface area contributed by atoms with Gasteiger partial charge in [0.2, 0.25) is 5.82 Å². The van der Waals surface area contributed by atoms with E-state index in [0.29, 0.717) is 25.6 Å². The number of phenols is 1. The highest BCUT2D eigenvalue weighted by atomic mass is 19.2. The Hall–Kier alpha value is -2.62. The summed E-state index contributed by atoms with van der Waals surface area (Å²) < 4.78 is 51.0. The summed E-state index contributed by atoms with van der Waals surface area (Å²) in [5.41, 5.74) is -0.644. The lowest BCUT2D eigenvalue weighted by Crippen LogP contribution is -2.49. The van der Waals surface area contributed by atoms with Gasteiger partial charge in [0.25, 0.3) is 17.6 Å². The number of ether oxygens (including phenoxy) is 1. The van der Waals surface area contributed by atoms with Crippen LogP contribution in [-0.4, -0.2) is 51.4 Å². The minimum absolute atomic E-state index is 0.130. The predicted octanol–water partition coefficient (Wildman–Crippen LogP) is 2.50. The van der Waals surface area contributed by atoms with Crippen molar-refractivity contribution in [1.29, 1.82) is 0 Å². The minimum Gasteiger partial charge on any atom is -0.503 e. The van der Waals surface area contributed by atoms with Gasteiger partial charge in [0, 0.05) is 13.1 Å². The van der Waals surface area contributed by atoms with E-state index in [0.717, 1.165) is 0 Å². The fraction of sp³-hybridized carbons (Fsp3) is 0.438. The van der Waals surface area contributed by atoms with Crippen molar-refractivity contribution in [3.63, 3.8) is 0 Å². The summed E-state index contributed by atoms with van der Waals surface area (Å²) >= 11 is 0. The van der Waals surface area contributed by atoms with E-state index < -0.39 is 40.6 Å². The Morgan fingerprint density at radius 2 is 2.08 bits per heavy atom. The third-order valence-corrected chi connectivity index (χ3v) is 4.05. The molecule has 2 aromatic rings. The van der Waals surface area contributed by atoms with Crippen LogP contribution >= 0.6 is 0 Å². The number of aromatic hydroxyl groups is 1. The largest absolute Gasteiger partial charge is 0.503 e. The molecule has 1 N–H and O–H groups in total. The van der Waals surface area contributed by atoms with Crippen LogP contribution in [0.5, 0.6) is 5.75 Å². The van der Waals surface area contributed by atoms with Crippen LogP contribution in [0.1, 0.15) is 30.9 Å². The Labute approximate surface area is 146 Å². The Bertz CT molecular complexity index is 842. The van der Waals surface area contributed by atoms with Crippen molar-refractivity contribution in [3.8, 4) is 17.2 Å². The number of amides is 1. The standard InChI is InChI=1S/C16H16F3N3O4/c1-3-8-6-22(5-7(2)25-8)16(24)14-20-15(26-21-14)9-4-10(17)12(19)13(23)11(9)18/h4,7-8,23H,3,5-6H2,1-2H3/t7-,8+/m0/s1. The molecule has 26 heavy (non-hydrogen) atoms. The third kappa shape index (κ3) is 3.24. The van der Waals surface area contributed by atoms with Gasteiger partial charge >= 0.3 is 0 Å². The first-order chi connectivity index (χ1) is 12.3. The lowest BCUT2D eigenvalue weighted by atomic mass is 10.1. The monoisotopic (exact) mass is 371 g/mol. The number of carbonyl (C=O) groups excluding carboxylic acids is 1. The molecule has 0 saturated carbocycles. The molecule has 10 heteroatoms. The summed E-state index contributed by atoms with van der Waals surface area (Å²) in [6, 6.07) is 0.468. The van der Waals surface area contributed by atoms with Gasteiger partial charge in [-0.3, -0.25) is 4.79 Å². The van der Waals surface area contributed by atoms with Gasteiger partial charge in [-0.2, -0.15) is 9.37 Å². The van der Waals surface area contributed by atoms with Crippen molar-refractivity contribution in [2.45, 2.75) is 32.5 Å². The van der Waals surface area contributed by atoms with Gasteiger partial charge in [-0.05, 0) is 19.4 Å². The number of nitrogens with zero attached hydrogens (tertiary/aromatic N) is 3. The van der Waals surface area contributed by atoms with Gasteiger partial charge in [-0.1, -0.05) is 12.1 Å². The number of halogens is 3. The Balaban J connectivity index is 1.87. The molecular weight excluding hydrogens is 355 g/mol. The molecule has 3 rings (SSSR count). The molecule has 1 aromatic heterocycles. The molecule has 1 saturated heterocycles. The second kappa shape index (κ2) is 6.94. The zero-order chi connectivity index (χ0) is 19.0. The fourth-order valence-corrected chi connectivity index (χ4v) is 2.74. The first-order valence-corrected chi connectivity index (χ1v) is 7.97. The maximum absolute atomic E-state index is 13.9. The second-order valence-corrected chi connectivity index (χ2v) is 5.99. The molecule has 1 fully saturated rings. The van der Waals surface area contributed by atoms with Crippen LogP contribution < -0.4 is 0 Å². The van der Waals surface area contributed by atoms with E-state index in [9.17, 15) is 23.1 Å². The van der Waals surface area contributed by atoms with E-state index in [1.54, 1.807) is 0 Å². The lowest BCUT2D eigenvalue weighted by Gasteiger charge is -2.35. The summed E-state index contributed by atoms with van der Waals surface area (Å²) in [7, 11) is 0. The second-order valence-electron chi connectivity index (χ2n) is 5.99. The number of hydrogen-bond donors (Lipinski definition) is 1. The summed E-state index contributed by atoms with van der Waals surface area (Å²) in [6.07, 6.45) is 0.407. The van der Waals surface area contributed by atoms with E-state index >= 15 is 0 Å². The first kappa shape index (κ1) is 18.2. The maximum atomic E-state index is 13.9. The lowest BCUT2D eigenvalue weighted by molar-refractivity contribution is -0.0684. The van der Waals surface area contributed by atoms with Crippen LogP contribution in [0.2, 0.25) is 0 Å². The van der Waals surface area contributed by atoms with E-state index in [2.05, 4.69) is 10.1 Å². The molecule has 1 aliphatic rings. The Morgan fingerprint density at radius 1 is 1.35 bits per heavy atom. The van der Waals surface area contributed by atoms with Crippen LogP contribution in [0.15, 0.2) is 10.6 Å². The normalized spacial score (nSPS) is 20.4. The van der Waals surface area contributed by atoms with E-state index in [1.807, 2.05) is 13.8 Å². The van der Waals surface area contributed by atoms with Gasteiger partial charge in [-0.15, -0.1) is 0 Å². The van der Waals surface area contributed by atoms with E-state index in [-0.39, 0.29) is 18.0 Å². The molecule has 140 valence electrons. The molecule has 0 unspecified atom stereocenters. The fourth-order valence-electron chi connectivity index (χ4n) is 2.74. The minimum atomic E-state index is -1.73. The highest BCUT2D eigenvalue weighted by Crippen LogP contribution is 2.31. The number of phenolic OH excluding ortho intramolecular Hbond substituents is 1. The van der Waals surface area contributed by atoms with Crippen LogP contribution in [0.3, 0.4) is 0 Å². The van der Waals surface area contributed by atoms with Crippen LogP contribution in [0, 0.1) is 17.5 Å². The number of rotatable bonds is 3. The number of carbonyl (C=O) groups is 1. The average molecular weight is 371 g/mol. The molecule has 1 amide bonds. The van der Waals surface area contributed by atoms with Gasteiger partial charge in [0.15, 0.2) is 17.4 Å². The molecule has 0 spiro atoms. The zero-order valence-electron chi connectivity index (χ0n) is 14.0. The average Bonchev–Trinajstić information content (AvgIpc) is 3.11. The Kier molecular flexibility index (Phi) is 4.86. The highest BCUT2D eigenvalue weighted by molar-refractivity contribution is 5.90. The van der Waals surface area contributed by atoms with Crippen molar-refractivity contribution >= 4 is 5.91 Å². The molecule has 0 radical (unpaired) electrons. The summed E-state index contributed by atoms with van der Waals surface area (Å²) in [5.74, 6) is -7.63. The van der Waals surface area contributed by atoms with Gasteiger partial charge in [0.05, 0.1) is 17.8 Å². The van der Waals surface area contributed by atoms with Crippen molar-refractivity contribution < 1.29 is 32.3 Å². The van der Waals surface area contributed by atoms with E-state index in [1.165, 1.54) is 4.90 Å². The first-order valence-electron chi connectivity index (χ1n) is 7.97. The number of aromatic nitrogens is 2. The third-order valence-electron chi connectivity index (χ3n) is 4.05. The van der Waals surface area contributed by atoms with Crippen LogP contribution in [0.4, 0.5) is 13.2 Å². The molecule has 2 heterocycles. The molecule has 2 atom stereocenters. The van der Waals surface area contributed by atoms with Crippen molar-refractivity contribution in [1.82, 2.24) is 15.0 Å². The molecule has 0 bridgehead atoms. The number of morpholine rings is 1. The van der Waals surface area contributed by atoms with Gasteiger partial charge < -0.3 is 19.3 Å². The SMILES string of the molecule is CC[C@@H]1CN(C(=O)c2noc(-c3cc(F)c(F)c(O)c3F)n2)C[C@H](C)O1. The summed E-state index contributed by atoms with van der Waals surface area (Å²) in [5, 5.41) is 12.7. The molecule has 0 aliphatic carbocycles. The molecular formula is C16H16F3N3O4. The van der Waals surface area contributed by atoms with E-state index in [4.69, 9.17) is 9.26 Å². The quantitative estimate of drug-likeness (QED) is 0.834. The molecule has 1 aliphatic heterocycles. The van der Waals surface area contributed by atoms with Crippen molar-refractivity contribution in [2.24, 2.45) is 0 Å². The van der Waals surface area contributed by atoms with Gasteiger partial charge in [-0.25, -0.2) is 8.78 Å². The topological polar surface area (TPSA) is 88.7 Å². The maximum Gasteiger partial charge on any atom is 0.295 e. The van der Waals surface area contributed by atoms with Crippen molar-refractivity contribution in [2.75, 3.05) is 13.1 Å². The highest BCUT2D eigenvalue weighted by Gasteiger charge is 2.31. The summed E-state index contributed by atoms with van der Waals surface area (Å²) in [4.78, 5) is 17.8. The summed E-state index contributed by atoms with van der Waals surface area (Å²) in [6.45, 7) is 4.41.